The first-order valence-corrected chi connectivity index (χ1v) is 8.75. The fourth-order valence-electron chi connectivity index (χ4n) is 4.62. The van der Waals surface area contributed by atoms with Gasteiger partial charge in [-0.3, -0.25) is 0 Å². The van der Waals surface area contributed by atoms with E-state index in [4.69, 9.17) is 4.74 Å². The molecule has 0 unspecified atom stereocenters. The number of aliphatic hydroxyl groups is 1. The zero-order chi connectivity index (χ0) is 17.4. The Morgan fingerprint density at radius 2 is 1.96 bits per heavy atom. The second-order valence-electron chi connectivity index (χ2n) is 7.73. The highest BCUT2D eigenvalue weighted by Crippen LogP contribution is 2.55. The van der Waals surface area contributed by atoms with Gasteiger partial charge in [0.25, 0.3) is 0 Å². The van der Waals surface area contributed by atoms with Gasteiger partial charge in [0.1, 0.15) is 0 Å². The molecule has 0 saturated heterocycles. The molecule has 0 aromatic heterocycles. The lowest BCUT2D eigenvalue weighted by molar-refractivity contribution is -0.119. The number of anilines is 2. The third-order valence-corrected chi connectivity index (χ3v) is 5.69. The molecule has 2 N–H and O–H groups in total. The fourth-order valence-corrected chi connectivity index (χ4v) is 4.62. The molecule has 1 spiro atoms. The number of nitrogens with one attached hydrogen (secondary N) is 1. The van der Waals surface area contributed by atoms with E-state index in [0.717, 1.165) is 28.1 Å². The van der Waals surface area contributed by atoms with Crippen LogP contribution in [0.4, 0.5) is 11.4 Å². The Kier molecular flexibility index (Phi) is 2.79. The van der Waals surface area contributed by atoms with E-state index in [9.17, 15) is 5.11 Å². The second-order valence-corrected chi connectivity index (χ2v) is 7.73. The summed E-state index contributed by atoms with van der Waals surface area (Å²) in [5.74, 6) is 0. The smallest absolute Gasteiger partial charge is 0.213 e. The average molecular weight is 334 g/mol. The highest BCUT2D eigenvalue weighted by atomic mass is 16.5. The van der Waals surface area contributed by atoms with Gasteiger partial charge < -0.3 is 20.1 Å². The van der Waals surface area contributed by atoms with Crippen molar-refractivity contribution in [3.05, 3.63) is 65.2 Å². The van der Waals surface area contributed by atoms with E-state index in [0.29, 0.717) is 6.61 Å². The van der Waals surface area contributed by atoms with E-state index in [1.54, 1.807) is 0 Å². The van der Waals surface area contributed by atoms with Crippen molar-refractivity contribution in [3.63, 3.8) is 0 Å². The summed E-state index contributed by atoms with van der Waals surface area (Å²) in [7, 11) is 0. The quantitative estimate of drug-likeness (QED) is 0.769. The molecular formula is C21H22N2O2. The highest BCUT2D eigenvalue weighted by molar-refractivity contribution is 5.86. The molecule has 0 radical (unpaired) electrons. The van der Waals surface area contributed by atoms with Gasteiger partial charge in [0, 0.05) is 22.4 Å². The van der Waals surface area contributed by atoms with Gasteiger partial charge in [0.05, 0.1) is 17.8 Å². The topological polar surface area (TPSA) is 44.7 Å². The molecule has 3 heterocycles. The number of para-hydroxylation sites is 2. The first-order chi connectivity index (χ1) is 11.9. The fraction of sp³-hybridized carbons (Fsp3) is 0.333. The van der Waals surface area contributed by atoms with Crippen LogP contribution in [0.25, 0.3) is 5.57 Å². The van der Waals surface area contributed by atoms with Crippen molar-refractivity contribution >= 4 is 16.9 Å². The summed E-state index contributed by atoms with van der Waals surface area (Å²) >= 11 is 0. The minimum Gasteiger partial charge on any atom is -0.369 e. The number of benzene rings is 2. The second kappa shape index (κ2) is 4.65. The molecule has 4 heteroatoms. The van der Waals surface area contributed by atoms with Crippen molar-refractivity contribution in [2.45, 2.75) is 44.9 Å². The lowest BCUT2D eigenvalue weighted by Crippen LogP contribution is -2.58. The van der Waals surface area contributed by atoms with Crippen molar-refractivity contribution in [2.24, 2.45) is 0 Å². The molecule has 2 atom stereocenters. The van der Waals surface area contributed by atoms with Crippen molar-refractivity contribution in [2.75, 3.05) is 10.2 Å². The number of ether oxygens (including phenoxy) is 1. The predicted molar refractivity (Wildman–Crippen MR) is 99.2 cm³/mol. The summed E-state index contributed by atoms with van der Waals surface area (Å²) in [6.45, 7) is 6.88. The Morgan fingerprint density at radius 3 is 2.80 bits per heavy atom. The van der Waals surface area contributed by atoms with Crippen LogP contribution in [-0.2, 0) is 17.1 Å². The van der Waals surface area contributed by atoms with Gasteiger partial charge in [0.15, 0.2) is 6.23 Å². The molecule has 0 amide bonds. The summed E-state index contributed by atoms with van der Waals surface area (Å²) in [4.78, 5) is 2.09. The number of nitrogens with zero attached hydrogens (tertiary/aromatic N) is 1. The third kappa shape index (κ3) is 1.78. The molecule has 3 aliphatic heterocycles. The van der Waals surface area contributed by atoms with Crippen LogP contribution in [0.15, 0.2) is 48.5 Å². The van der Waals surface area contributed by atoms with Crippen LogP contribution in [0.2, 0.25) is 0 Å². The summed E-state index contributed by atoms with van der Waals surface area (Å²) < 4.78 is 6.31. The number of rotatable bonds is 0. The first-order valence-electron chi connectivity index (χ1n) is 8.75. The van der Waals surface area contributed by atoms with Gasteiger partial charge >= 0.3 is 0 Å². The molecular weight excluding hydrogens is 312 g/mol. The van der Waals surface area contributed by atoms with E-state index in [1.807, 2.05) is 24.3 Å². The maximum atomic E-state index is 11.4. The van der Waals surface area contributed by atoms with Crippen LogP contribution in [0, 0.1) is 0 Å². The van der Waals surface area contributed by atoms with E-state index in [1.165, 1.54) is 5.57 Å². The van der Waals surface area contributed by atoms with E-state index in [-0.39, 0.29) is 5.54 Å². The van der Waals surface area contributed by atoms with Gasteiger partial charge in [-0.15, -0.1) is 0 Å². The van der Waals surface area contributed by atoms with Gasteiger partial charge in [0.2, 0.25) is 5.72 Å². The van der Waals surface area contributed by atoms with Crippen molar-refractivity contribution < 1.29 is 9.84 Å². The Morgan fingerprint density at radius 1 is 1.16 bits per heavy atom. The maximum Gasteiger partial charge on any atom is 0.213 e. The Balaban J connectivity index is 1.75. The predicted octanol–water partition coefficient (Wildman–Crippen LogP) is 3.82. The number of hydrogen-bond donors (Lipinski definition) is 2. The standard InChI is InChI=1S/C21H22N2O2/c1-13-11-20(2,3)23-18-15(13)8-6-9-16(18)21(19(23)24)22-17-10-5-4-7-14(17)12-25-21/h4-11,19,22,24H,12H2,1-3H3/t19-,21-/m0/s1. The minimum absolute atomic E-state index is 0.294. The molecule has 0 bridgehead atoms. The highest BCUT2D eigenvalue weighted by Gasteiger charge is 2.58. The average Bonchev–Trinajstić information content (AvgIpc) is 2.83. The van der Waals surface area contributed by atoms with Crippen LogP contribution < -0.4 is 10.2 Å². The molecule has 5 rings (SSSR count). The van der Waals surface area contributed by atoms with Crippen LogP contribution in [0.3, 0.4) is 0 Å². The van der Waals surface area contributed by atoms with E-state index < -0.39 is 12.0 Å². The van der Waals surface area contributed by atoms with Crippen molar-refractivity contribution in [3.8, 4) is 0 Å². The summed E-state index contributed by atoms with van der Waals surface area (Å²) in [5.41, 5.74) is 5.37. The molecule has 128 valence electrons. The largest absolute Gasteiger partial charge is 0.369 e. The Bertz CT molecular complexity index is 918. The van der Waals surface area contributed by atoms with Crippen LogP contribution in [0.5, 0.6) is 0 Å². The van der Waals surface area contributed by atoms with Crippen LogP contribution in [0.1, 0.15) is 37.5 Å². The van der Waals surface area contributed by atoms with Crippen LogP contribution in [-0.4, -0.2) is 16.9 Å². The number of aliphatic hydroxyl groups excluding tert-OH is 1. The lowest BCUT2D eigenvalue weighted by atomic mass is 9.89. The maximum absolute atomic E-state index is 11.4. The van der Waals surface area contributed by atoms with Crippen molar-refractivity contribution in [1.29, 1.82) is 0 Å². The molecule has 3 aliphatic rings. The van der Waals surface area contributed by atoms with Gasteiger partial charge in [-0.1, -0.05) is 42.5 Å². The van der Waals surface area contributed by atoms with Gasteiger partial charge in [-0.25, -0.2) is 0 Å². The molecule has 4 nitrogen and oxygen atoms in total. The summed E-state index contributed by atoms with van der Waals surface area (Å²) in [6, 6.07) is 14.4. The summed E-state index contributed by atoms with van der Waals surface area (Å²) in [5, 5.41) is 14.9. The molecule has 2 aromatic rings. The van der Waals surface area contributed by atoms with E-state index in [2.05, 4.69) is 55.3 Å². The Labute approximate surface area is 147 Å². The van der Waals surface area contributed by atoms with Crippen LogP contribution >= 0.6 is 0 Å². The monoisotopic (exact) mass is 334 g/mol. The molecule has 25 heavy (non-hydrogen) atoms. The third-order valence-electron chi connectivity index (χ3n) is 5.69. The molecule has 0 saturated carbocycles. The first kappa shape index (κ1) is 15.0. The summed E-state index contributed by atoms with van der Waals surface area (Å²) in [6.07, 6.45) is 1.41. The number of fused-ring (bicyclic) bond motifs is 2. The SMILES string of the molecule is CC1=CC(C)(C)N2c3c1cccc3[C@@]1(Nc3ccccc3CO1)[C@@H]2O. The lowest BCUT2D eigenvalue weighted by Gasteiger charge is -2.45. The zero-order valence-corrected chi connectivity index (χ0v) is 14.7. The number of hydrogen-bond acceptors (Lipinski definition) is 4. The van der Waals surface area contributed by atoms with Gasteiger partial charge in [-0.2, -0.15) is 0 Å². The molecule has 0 aliphatic carbocycles. The van der Waals surface area contributed by atoms with E-state index >= 15 is 0 Å². The molecule has 0 fully saturated rings. The van der Waals surface area contributed by atoms with Gasteiger partial charge in [-0.05, 0) is 32.4 Å². The van der Waals surface area contributed by atoms with Crippen molar-refractivity contribution in [1.82, 2.24) is 0 Å². The normalized spacial score (nSPS) is 28.2. The zero-order valence-electron chi connectivity index (χ0n) is 14.7. The Hall–Kier alpha value is -2.30. The molecule has 2 aromatic carbocycles. The minimum atomic E-state index is -0.949. The number of allylic oxidation sites excluding steroid dienone is 1.